The highest BCUT2D eigenvalue weighted by atomic mass is 79.9. The molecule has 18 heavy (non-hydrogen) atoms. The van der Waals surface area contributed by atoms with E-state index in [1.165, 1.54) is 4.88 Å². The molecule has 0 aliphatic heterocycles. The minimum Gasteiger partial charge on any atom is -0.383 e. The van der Waals surface area contributed by atoms with Crippen LogP contribution >= 0.6 is 38.9 Å². The van der Waals surface area contributed by atoms with Gasteiger partial charge in [0.05, 0.1) is 12.6 Å². The number of nitrogens with two attached hydrogens (primary N) is 1. The smallest absolute Gasteiger partial charge is 0.107 e. The van der Waals surface area contributed by atoms with Gasteiger partial charge in [-0.3, -0.25) is 4.90 Å². The average molecular weight is 356 g/mol. The topological polar surface area (TPSA) is 38.5 Å². The molecular formula is C12H20BrClN2OS. The molecule has 6 heteroatoms. The first-order valence-corrected chi connectivity index (χ1v) is 7.89. The van der Waals surface area contributed by atoms with Crippen LogP contribution in [0.2, 0.25) is 4.34 Å². The van der Waals surface area contributed by atoms with Gasteiger partial charge in [-0.25, -0.2) is 0 Å². The molecule has 1 atom stereocenters. The van der Waals surface area contributed by atoms with Crippen LogP contribution in [0.5, 0.6) is 0 Å². The summed E-state index contributed by atoms with van der Waals surface area (Å²) >= 11 is 11.1. The molecule has 0 radical (unpaired) electrons. The van der Waals surface area contributed by atoms with Gasteiger partial charge in [-0.1, -0.05) is 11.6 Å². The minimum absolute atomic E-state index is 0.189. The van der Waals surface area contributed by atoms with Gasteiger partial charge in [0.1, 0.15) is 4.34 Å². The Morgan fingerprint density at radius 1 is 1.56 bits per heavy atom. The SMILES string of the molecule is COCCN(C(C)C)C(CN)c1cc(Br)c(Cl)s1. The van der Waals surface area contributed by atoms with E-state index in [4.69, 9.17) is 22.1 Å². The van der Waals surface area contributed by atoms with Gasteiger partial charge in [-0.05, 0) is 35.8 Å². The standard InChI is InChI=1S/C12H20BrClN2OS/c1-8(2)16(4-5-17-3)10(7-15)11-6-9(13)12(14)18-11/h6,8,10H,4-5,7,15H2,1-3H3. The van der Waals surface area contributed by atoms with E-state index in [-0.39, 0.29) is 6.04 Å². The van der Waals surface area contributed by atoms with Gasteiger partial charge < -0.3 is 10.5 Å². The maximum absolute atomic E-state index is 6.11. The van der Waals surface area contributed by atoms with Crippen molar-refractivity contribution >= 4 is 38.9 Å². The number of hydrogen-bond donors (Lipinski definition) is 1. The predicted molar refractivity (Wildman–Crippen MR) is 82.5 cm³/mol. The summed E-state index contributed by atoms with van der Waals surface area (Å²) in [5, 5.41) is 0. The third-order valence-electron chi connectivity index (χ3n) is 2.83. The first kappa shape index (κ1) is 16.4. The summed E-state index contributed by atoms with van der Waals surface area (Å²) in [6, 6.07) is 2.66. The lowest BCUT2D eigenvalue weighted by Crippen LogP contribution is -2.40. The fourth-order valence-corrected chi connectivity index (χ4v) is 3.78. The fraction of sp³-hybridized carbons (Fsp3) is 0.667. The molecule has 1 heterocycles. The average Bonchev–Trinajstić information content (AvgIpc) is 2.64. The Labute approximate surface area is 126 Å². The maximum Gasteiger partial charge on any atom is 0.107 e. The van der Waals surface area contributed by atoms with Crippen molar-refractivity contribution < 1.29 is 4.74 Å². The number of methoxy groups -OCH3 is 1. The molecule has 1 aromatic rings. The van der Waals surface area contributed by atoms with Gasteiger partial charge >= 0.3 is 0 Å². The lowest BCUT2D eigenvalue weighted by Gasteiger charge is -2.33. The Balaban J connectivity index is 2.90. The summed E-state index contributed by atoms with van der Waals surface area (Å²) in [5.74, 6) is 0. The summed E-state index contributed by atoms with van der Waals surface area (Å²) in [4.78, 5) is 3.54. The predicted octanol–water partition coefficient (Wildman–Crippen LogP) is 3.52. The number of ether oxygens (including phenoxy) is 1. The largest absolute Gasteiger partial charge is 0.383 e. The molecule has 0 fully saturated rings. The second kappa shape index (κ2) is 7.82. The van der Waals surface area contributed by atoms with E-state index in [2.05, 4.69) is 40.7 Å². The lowest BCUT2D eigenvalue weighted by molar-refractivity contribution is 0.0992. The van der Waals surface area contributed by atoms with Gasteiger partial charge in [0, 0.05) is 35.6 Å². The van der Waals surface area contributed by atoms with Gasteiger partial charge in [0.2, 0.25) is 0 Å². The van der Waals surface area contributed by atoms with Gasteiger partial charge in [0.25, 0.3) is 0 Å². The van der Waals surface area contributed by atoms with Crippen LogP contribution in [0.4, 0.5) is 0 Å². The van der Waals surface area contributed by atoms with Crippen molar-refractivity contribution in [2.45, 2.75) is 25.9 Å². The summed E-state index contributed by atoms with van der Waals surface area (Å²) in [6.07, 6.45) is 0. The van der Waals surface area contributed by atoms with Crippen LogP contribution in [0.1, 0.15) is 24.8 Å². The van der Waals surface area contributed by atoms with Crippen molar-refractivity contribution in [3.63, 3.8) is 0 Å². The molecule has 0 saturated carbocycles. The van der Waals surface area contributed by atoms with E-state index in [0.717, 1.165) is 15.4 Å². The Morgan fingerprint density at radius 3 is 2.61 bits per heavy atom. The van der Waals surface area contributed by atoms with Crippen molar-refractivity contribution in [2.75, 3.05) is 26.8 Å². The molecule has 1 aromatic heterocycles. The summed E-state index contributed by atoms with van der Waals surface area (Å²) in [7, 11) is 1.72. The third-order valence-corrected chi connectivity index (χ3v) is 5.41. The second-order valence-electron chi connectivity index (χ2n) is 4.35. The molecule has 0 spiro atoms. The van der Waals surface area contributed by atoms with E-state index in [9.17, 15) is 0 Å². The quantitative estimate of drug-likeness (QED) is 0.813. The number of thiophene rings is 1. The zero-order valence-electron chi connectivity index (χ0n) is 11.0. The molecule has 1 unspecified atom stereocenters. The van der Waals surface area contributed by atoms with E-state index in [1.807, 2.05) is 0 Å². The molecule has 0 bridgehead atoms. The molecule has 0 aromatic carbocycles. The Morgan fingerprint density at radius 2 is 2.22 bits per heavy atom. The van der Waals surface area contributed by atoms with E-state index in [0.29, 0.717) is 19.2 Å². The molecule has 2 N–H and O–H groups in total. The molecule has 3 nitrogen and oxygen atoms in total. The Kier molecular flexibility index (Phi) is 7.13. The molecule has 1 rings (SSSR count). The number of nitrogens with zero attached hydrogens (tertiary/aromatic N) is 1. The van der Waals surface area contributed by atoms with E-state index in [1.54, 1.807) is 18.4 Å². The van der Waals surface area contributed by atoms with Gasteiger partial charge in [-0.15, -0.1) is 11.3 Å². The number of rotatable bonds is 7. The second-order valence-corrected chi connectivity index (χ2v) is 6.89. The van der Waals surface area contributed by atoms with Crippen molar-refractivity contribution in [3.8, 4) is 0 Å². The van der Waals surface area contributed by atoms with Crippen molar-refractivity contribution in [3.05, 3.63) is 19.8 Å². The summed E-state index contributed by atoms with van der Waals surface area (Å²) in [6.45, 7) is 6.48. The lowest BCUT2D eigenvalue weighted by atomic mass is 10.1. The Hall–Kier alpha value is 0.350. The highest BCUT2D eigenvalue weighted by molar-refractivity contribution is 9.10. The molecule has 0 aliphatic carbocycles. The highest BCUT2D eigenvalue weighted by Gasteiger charge is 2.23. The fourth-order valence-electron chi connectivity index (χ4n) is 1.91. The van der Waals surface area contributed by atoms with E-state index < -0.39 is 0 Å². The van der Waals surface area contributed by atoms with Crippen molar-refractivity contribution in [1.29, 1.82) is 0 Å². The van der Waals surface area contributed by atoms with Crippen LogP contribution < -0.4 is 5.73 Å². The molecule has 0 saturated heterocycles. The van der Waals surface area contributed by atoms with Crippen molar-refractivity contribution in [2.24, 2.45) is 5.73 Å². The highest BCUT2D eigenvalue weighted by Crippen LogP contribution is 2.37. The summed E-state index contributed by atoms with van der Waals surface area (Å²) < 4.78 is 6.89. The normalized spacial score (nSPS) is 13.6. The summed E-state index contributed by atoms with van der Waals surface area (Å²) in [5.41, 5.74) is 5.94. The number of hydrogen-bond acceptors (Lipinski definition) is 4. The van der Waals surface area contributed by atoms with Crippen LogP contribution in [-0.2, 0) is 4.74 Å². The van der Waals surface area contributed by atoms with Crippen LogP contribution in [0.25, 0.3) is 0 Å². The molecule has 104 valence electrons. The van der Waals surface area contributed by atoms with Crippen LogP contribution in [0, 0.1) is 0 Å². The molecule has 0 aliphatic rings. The van der Waals surface area contributed by atoms with Crippen LogP contribution in [-0.4, -0.2) is 37.7 Å². The zero-order chi connectivity index (χ0) is 13.7. The first-order chi connectivity index (χ1) is 8.51. The van der Waals surface area contributed by atoms with Crippen molar-refractivity contribution in [1.82, 2.24) is 4.90 Å². The van der Waals surface area contributed by atoms with Crippen LogP contribution in [0.15, 0.2) is 10.5 Å². The Bertz CT molecular complexity index is 353. The monoisotopic (exact) mass is 354 g/mol. The van der Waals surface area contributed by atoms with E-state index >= 15 is 0 Å². The maximum atomic E-state index is 6.11. The number of halogens is 2. The first-order valence-electron chi connectivity index (χ1n) is 5.90. The van der Waals surface area contributed by atoms with Gasteiger partial charge in [-0.2, -0.15) is 0 Å². The molecular weight excluding hydrogens is 336 g/mol. The zero-order valence-corrected chi connectivity index (χ0v) is 14.1. The van der Waals surface area contributed by atoms with Gasteiger partial charge in [0.15, 0.2) is 0 Å². The minimum atomic E-state index is 0.189. The third kappa shape index (κ3) is 4.18. The van der Waals surface area contributed by atoms with Crippen LogP contribution in [0.3, 0.4) is 0 Å². The molecule has 0 amide bonds.